The number of nitrogens with one attached hydrogen (secondary N) is 1. The van der Waals surface area contributed by atoms with Gasteiger partial charge >= 0.3 is 0 Å². The van der Waals surface area contributed by atoms with Crippen LogP contribution < -0.4 is 5.32 Å². The van der Waals surface area contributed by atoms with Crippen molar-refractivity contribution in [3.8, 4) is 0 Å². The second kappa shape index (κ2) is 9.34. The molecule has 9 heteroatoms. The number of nitrogens with zero attached hydrogens (tertiary/aromatic N) is 2. The van der Waals surface area contributed by atoms with Gasteiger partial charge in [-0.1, -0.05) is 0 Å². The molecule has 3 rings (SSSR count). The Morgan fingerprint density at radius 3 is 2.82 bits per heavy atom. The number of carbonyl (C=O) groups excluding carboxylic acids is 2. The van der Waals surface area contributed by atoms with E-state index in [9.17, 15) is 9.59 Å². The number of carbonyl (C=O) groups is 2. The highest BCUT2D eigenvalue weighted by Gasteiger charge is 2.18. The van der Waals surface area contributed by atoms with Crippen molar-refractivity contribution in [3.63, 3.8) is 0 Å². The van der Waals surface area contributed by atoms with E-state index in [4.69, 9.17) is 13.6 Å². The SMILES string of the molecule is COCCN(Cc1ccco1)C(=O)Cc1csc(NC(=O)c2ccoc2C)n1. The third-order valence-electron chi connectivity index (χ3n) is 4.05. The molecule has 0 aliphatic heterocycles. The van der Waals surface area contributed by atoms with Crippen LogP contribution in [-0.4, -0.2) is 42.0 Å². The fraction of sp³-hybridized carbons (Fsp3) is 0.316. The minimum Gasteiger partial charge on any atom is -0.469 e. The first-order chi connectivity index (χ1) is 13.6. The Bertz CT molecular complexity index is 916. The molecular weight excluding hydrogens is 382 g/mol. The molecule has 8 nitrogen and oxygen atoms in total. The summed E-state index contributed by atoms with van der Waals surface area (Å²) in [6.07, 6.45) is 3.16. The molecule has 0 fully saturated rings. The zero-order valence-electron chi connectivity index (χ0n) is 15.6. The average molecular weight is 403 g/mol. The van der Waals surface area contributed by atoms with E-state index >= 15 is 0 Å². The van der Waals surface area contributed by atoms with E-state index in [2.05, 4.69) is 10.3 Å². The molecule has 0 unspecified atom stereocenters. The van der Waals surface area contributed by atoms with Gasteiger partial charge in [-0.15, -0.1) is 11.3 Å². The number of hydrogen-bond donors (Lipinski definition) is 1. The Kier molecular flexibility index (Phi) is 6.62. The van der Waals surface area contributed by atoms with E-state index < -0.39 is 0 Å². The smallest absolute Gasteiger partial charge is 0.260 e. The van der Waals surface area contributed by atoms with Gasteiger partial charge < -0.3 is 18.5 Å². The van der Waals surface area contributed by atoms with Gasteiger partial charge in [0, 0.05) is 19.0 Å². The minimum absolute atomic E-state index is 0.0951. The van der Waals surface area contributed by atoms with Crippen LogP contribution in [0.3, 0.4) is 0 Å². The number of amides is 2. The van der Waals surface area contributed by atoms with E-state index in [1.165, 1.54) is 17.6 Å². The number of methoxy groups -OCH3 is 1. The predicted octanol–water partition coefficient (Wildman–Crippen LogP) is 3.11. The molecule has 0 aliphatic carbocycles. The van der Waals surface area contributed by atoms with E-state index in [1.807, 2.05) is 6.07 Å². The highest BCUT2D eigenvalue weighted by atomic mass is 32.1. The summed E-state index contributed by atoms with van der Waals surface area (Å²) in [7, 11) is 1.59. The van der Waals surface area contributed by atoms with Gasteiger partial charge in [-0.25, -0.2) is 4.98 Å². The average Bonchev–Trinajstić information content (AvgIpc) is 3.41. The maximum absolute atomic E-state index is 12.7. The zero-order valence-corrected chi connectivity index (χ0v) is 16.5. The summed E-state index contributed by atoms with van der Waals surface area (Å²) in [5.41, 5.74) is 1.05. The third-order valence-corrected chi connectivity index (χ3v) is 4.86. The summed E-state index contributed by atoms with van der Waals surface area (Å²) in [5, 5.41) is 4.92. The molecule has 3 aromatic heterocycles. The first-order valence-corrected chi connectivity index (χ1v) is 9.53. The number of hydrogen-bond acceptors (Lipinski definition) is 7. The number of anilines is 1. The second-order valence-corrected chi connectivity index (χ2v) is 6.91. The molecule has 0 atom stereocenters. The molecule has 0 saturated carbocycles. The number of ether oxygens (including phenoxy) is 1. The Morgan fingerprint density at radius 2 is 2.14 bits per heavy atom. The second-order valence-electron chi connectivity index (χ2n) is 6.05. The molecule has 148 valence electrons. The Hall–Kier alpha value is -2.91. The molecule has 3 aromatic rings. The molecule has 28 heavy (non-hydrogen) atoms. The van der Waals surface area contributed by atoms with Crippen LogP contribution in [0.1, 0.15) is 27.6 Å². The highest BCUT2D eigenvalue weighted by Crippen LogP contribution is 2.19. The minimum atomic E-state index is -0.294. The molecular formula is C19H21N3O5S. The molecule has 3 heterocycles. The quantitative estimate of drug-likeness (QED) is 0.590. The fourth-order valence-corrected chi connectivity index (χ4v) is 3.29. The number of furan rings is 2. The van der Waals surface area contributed by atoms with Crippen molar-refractivity contribution in [2.24, 2.45) is 0 Å². The van der Waals surface area contributed by atoms with Crippen LogP contribution in [-0.2, 0) is 22.5 Å². The standard InChI is InChI=1S/C19H21N3O5S/c1-13-16(5-8-26-13)18(24)21-19-20-14(12-28-19)10-17(23)22(6-9-25-2)11-15-4-3-7-27-15/h3-5,7-8,12H,6,9-11H2,1-2H3,(H,20,21,24). The fourth-order valence-electron chi connectivity index (χ4n) is 2.58. The highest BCUT2D eigenvalue weighted by molar-refractivity contribution is 7.14. The molecule has 0 aromatic carbocycles. The molecule has 0 bridgehead atoms. The Labute approximate surface area is 166 Å². The topological polar surface area (TPSA) is 97.8 Å². The molecule has 0 spiro atoms. The maximum atomic E-state index is 12.7. The van der Waals surface area contributed by atoms with Gasteiger partial charge in [0.15, 0.2) is 5.13 Å². The van der Waals surface area contributed by atoms with Gasteiger partial charge in [-0.05, 0) is 25.1 Å². The van der Waals surface area contributed by atoms with Gasteiger partial charge in [-0.3, -0.25) is 14.9 Å². The van der Waals surface area contributed by atoms with Gasteiger partial charge in [0.05, 0.1) is 43.4 Å². The largest absolute Gasteiger partial charge is 0.469 e. The van der Waals surface area contributed by atoms with Crippen LogP contribution in [0, 0.1) is 6.92 Å². The van der Waals surface area contributed by atoms with E-state index in [1.54, 1.807) is 42.7 Å². The van der Waals surface area contributed by atoms with Crippen LogP contribution in [0.4, 0.5) is 5.13 Å². The Morgan fingerprint density at radius 1 is 1.29 bits per heavy atom. The molecule has 0 radical (unpaired) electrons. The van der Waals surface area contributed by atoms with Crippen LogP contribution in [0.15, 0.2) is 44.9 Å². The van der Waals surface area contributed by atoms with Gasteiger partial charge in [0.1, 0.15) is 11.5 Å². The number of aryl methyl sites for hydroxylation is 1. The third kappa shape index (κ3) is 5.08. The van der Waals surface area contributed by atoms with Crippen molar-refractivity contribution in [2.45, 2.75) is 19.9 Å². The molecule has 0 aliphatic rings. The molecule has 0 saturated heterocycles. The normalized spacial score (nSPS) is 10.8. The monoisotopic (exact) mass is 403 g/mol. The summed E-state index contributed by atoms with van der Waals surface area (Å²) in [5.74, 6) is 0.850. The van der Waals surface area contributed by atoms with Crippen molar-refractivity contribution >= 4 is 28.3 Å². The summed E-state index contributed by atoms with van der Waals surface area (Å²) < 4.78 is 15.6. The van der Waals surface area contributed by atoms with Crippen LogP contribution >= 0.6 is 11.3 Å². The summed E-state index contributed by atoms with van der Waals surface area (Å²) >= 11 is 1.27. The van der Waals surface area contributed by atoms with Crippen LogP contribution in [0.25, 0.3) is 0 Å². The van der Waals surface area contributed by atoms with Gasteiger partial charge in [0.25, 0.3) is 5.91 Å². The summed E-state index contributed by atoms with van der Waals surface area (Å²) in [6, 6.07) is 5.21. The molecule has 1 N–H and O–H groups in total. The Balaban J connectivity index is 1.61. The predicted molar refractivity (Wildman–Crippen MR) is 103 cm³/mol. The lowest BCUT2D eigenvalue weighted by atomic mass is 10.2. The van der Waals surface area contributed by atoms with Crippen molar-refractivity contribution < 1.29 is 23.2 Å². The van der Waals surface area contributed by atoms with E-state index in [0.29, 0.717) is 47.6 Å². The van der Waals surface area contributed by atoms with E-state index in [-0.39, 0.29) is 18.2 Å². The first kappa shape index (κ1) is 19.8. The number of aromatic nitrogens is 1. The van der Waals surface area contributed by atoms with Crippen molar-refractivity contribution in [3.05, 3.63) is 58.9 Å². The van der Waals surface area contributed by atoms with Gasteiger partial charge in [-0.2, -0.15) is 0 Å². The van der Waals surface area contributed by atoms with Crippen molar-refractivity contribution in [1.29, 1.82) is 0 Å². The lowest BCUT2D eigenvalue weighted by molar-refractivity contribution is -0.132. The van der Waals surface area contributed by atoms with E-state index in [0.717, 1.165) is 0 Å². The summed E-state index contributed by atoms with van der Waals surface area (Å²) in [4.78, 5) is 30.9. The number of thiazole rings is 1. The lowest BCUT2D eigenvalue weighted by Gasteiger charge is -2.21. The number of rotatable bonds is 9. The van der Waals surface area contributed by atoms with Crippen molar-refractivity contribution in [2.75, 3.05) is 25.6 Å². The molecule has 2 amide bonds. The van der Waals surface area contributed by atoms with Gasteiger partial charge in [0.2, 0.25) is 5.91 Å². The zero-order chi connectivity index (χ0) is 19.9. The van der Waals surface area contributed by atoms with Crippen LogP contribution in [0.5, 0.6) is 0 Å². The van der Waals surface area contributed by atoms with Crippen molar-refractivity contribution in [1.82, 2.24) is 9.88 Å². The summed E-state index contributed by atoms with van der Waals surface area (Å²) in [6.45, 7) is 2.95. The van der Waals surface area contributed by atoms with Crippen LogP contribution in [0.2, 0.25) is 0 Å². The maximum Gasteiger partial charge on any atom is 0.260 e. The lowest BCUT2D eigenvalue weighted by Crippen LogP contribution is -2.34. The first-order valence-electron chi connectivity index (χ1n) is 8.65.